The highest BCUT2D eigenvalue weighted by atomic mass is 16.6. The quantitative estimate of drug-likeness (QED) is 0.130. The van der Waals surface area contributed by atoms with Crippen molar-refractivity contribution in [1.29, 1.82) is 0 Å². The maximum absolute atomic E-state index is 15.5. The first-order valence-corrected chi connectivity index (χ1v) is 20.5. The second-order valence-electron chi connectivity index (χ2n) is 17.4. The number of hydrogen-bond acceptors (Lipinski definition) is 14. The molecule has 1 heterocycles. The van der Waals surface area contributed by atoms with Gasteiger partial charge in [0.15, 0.2) is 23.6 Å². The van der Waals surface area contributed by atoms with Crippen molar-refractivity contribution in [3.8, 4) is 0 Å². The first-order chi connectivity index (χ1) is 29.3. The molecule has 0 spiro atoms. The summed E-state index contributed by atoms with van der Waals surface area (Å²) in [5.41, 5.74) is -7.02. The van der Waals surface area contributed by atoms with Crippen LogP contribution in [0.1, 0.15) is 86.7 Å². The van der Waals surface area contributed by atoms with Crippen LogP contribution in [0.4, 0.5) is 0 Å². The number of Topliss-reactive ketones (excluding diaryl/α,β-unsaturated/α-hetero) is 1. The van der Waals surface area contributed by atoms with Gasteiger partial charge >= 0.3 is 23.9 Å². The van der Waals surface area contributed by atoms with E-state index in [-0.39, 0.29) is 35.3 Å². The Morgan fingerprint density at radius 3 is 1.95 bits per heavy atom. The van der Waals surface area contributed by atoms with Gasteiger partial charge in [0.2, 0.25) is 0 Å². The van der Waals surface area contributed by atoms with Gasteiger partial charge in [-0.15, -0.1) is 0 Å². The highest BCUT2D eigenvalue weighted by Gasteiger charge is 2.78. The summed E-state index contributed by atoms with van der Waals surface area (Å²) in [4.78, 5) is 83.5. The minimum absolute atomic E-state index is 0.00289. The van der Waals surface area contributed by atoms with E-state index < -0.39 is 113 Å². The minimum Gasteiger partial charge on any atom is -0.456 e. The summed E-state index contributed by atoms with van der Waals surface area (Å²) in [5, 5.41) is 40.2. The lowest BCUT2D eigenvalue weighted by Crippen LogP contribution is -2.82. The van der Waals surface area contributed by atoms with E-state index in [1.54, 1.807) is 92.7 Å². The van der Waals surface area contributed by atoms with Crippen molar-refractivity contribution >= 4 is 35.6 Å². The lowest BCUT2D eigenvalue weighted by molar-refractivity contribution is -0.346. The van der Waals surface area contributed by atoms with E-state index in [2.05, 4.69) is 5.32 Å². The molecule has 62 heavy (non-hydrogen) atoms. The number of carbonyl (C=O) groups excluding carboxylic acids is 6. The molecule has 0 radical (unpaired) electrons. The molecule has 3 aromatic rings. The molecule has 1 aliphatic heterocycles. The Hall–Kier alpha value is -5.74. The molecule has 4 aliphatic rings. The van der Waals surface area contributed by atoms with Gasteiger partial charge in [0.25, 0.3) is 5.91 Å². The molecule has 11 atom stereocenters. The monoisotopic (exact) mass is 853 g/mol. The number of amides is 1. The Bertz CT molecular complexity index is 2280. The number of nitrogens with one attached hydrogen (secondary N) is 1. The van der Waals surface area contributed by atoms with Gasteiger partial charge in [-0.25, -0.2) is 9.59 Å². The molecule has 15 nitrogen and oxygen atoms in total. The van der Waals surface area contributed by atoms with Crippen LogP contribution in [0.15, 0.2) is 102 Å². The maximum atomic E-state index is 15.5. The minimum atomic E-state index is -2.39. The van der Waals surface area contributed by atoms with Crippen LogP contribution < -0.4 is 5.32 Å². The summed E-state index contributed by atoms with van der Waals surface area (Å²) in [6.07, 6.45) is -10.5. The van der Waals surface area contributed by atoms with E-state index >= 15 is 4.79 Å². The number of fused-ring (bicyclic) bond motifs is 5. The third-order valence-electron chi connectivity index (χ3n) is 13.5. The molecule has 7 rings (SSSR count). The standard InChI is InChI=1S/C47H51NO14/c1-25-31(60-43(56)36(52)35(28-16-10-7-11-17-28)48-41(54)29-18-12-8-13-19-29)23-47(57)40(61-42(55)30-20-14-9-15-21-30)38-45(6,32(51)22-33-46(38,24-58-33)62-27(3)50)39(53)37(59-26(2)49)34(25)44(47,4)5/h7-21,31-33,35-38,40,51-52,57H,22-24H2,1-6H3,(H,48,54)/t31?,32?,33-,35?,36?,37?,38-,40?,45-,46+,47-/m1/s1. The van der Waals surface area contributed by atoms with Gasteiger partial charge < -0.3 is 44.3 Å². The highest BCUT2D eigenvalue weighted by molar-refractivity contribution is 5.96. The predicted octanol–water partition coefficient (Wildman–Crippen LogP) is 3.74. The van der Waals surface area contributed by atoms with Gasteiger partial charge in [-0.2, -0.15) is 0 Å². The van der Waals surface area contributed by atoms with Crippen molar-refractivity contribution in [3.63, 3.8) is 0 Å². The molecule has 4 N–H and O–H groups in total. The lowest BCUT2D eigenvalue weighted by atomic mass is 9.44. The number of benzene rings is 3. The molecule has 328 valence electrons. The molecular formula is C47H51NO14. The normalized spacial score (nSPS) is 31.9. The Balaban J connectivity index is 1.39. The topological polar surface area (TPSA) is 221 Å². The predicted molar refractivity (Wildman–Crippen MR) is 218 cm³/mol. The molecule has 0 aromatic heterocycles. The van der Waals surface area contributed by atoms with Crippen LogP contribution in [0, 0.1) is 16.7 Å². The highest BCUT2D eigenvalue weighted by Crippen LogP contribution is 2.64. The molecule has 2 saturated carbocycles. The van der Waals surface area contributed by atoms with E-state index in [4.69, 9.17) is 23.7 Å². The Morgan fingerprint density at radius 2 is 1.40 bits per heavy atom. The Kier molecular flexibility index (Phi) is 11.8. The third-order valence-corrected chi connectivity index (χ3v) is 13.5. The molecule has 3 fully saturated rings. The first kappa shape index (κ1) is 44.3. The largest absolute Gasteiger partial charge is 0.456 e. The van der Waals surface area contributed by atoms with Crippen LogP contribution in [0.5, 0.6) is 0 Å². The van der Waals surface area contributed by atoms with Crippen molar-refractivity contribution in [3.05, 3.63) is 119 Å². The van der Waals surface area contributed by atoms with E-state index in [0.717, 1.165) is 13.8 Å². The number of carbonyl (C=O) groups is 6. The third kappa shape index (κ3) is 7.29. The molecular weight excluding hydrogens is 803 g/mol. The van der Waals surface area contributed by atoms with E-state index in [1.807, 2.05) is 0 Å². The molecule has 1 amide bonds. The van der Waals surface area contributed by atoms with Gasteiger partial charge in [-0.3, -0.25) is 19.2 Å². The van der Waals surface area contributed by atoms with Crippen LogP contribution >= 0.6 is 0 Å². The number of esters is 4. The summed E-state index contributed by atoms with van der Waals surface area (Å²) in [7, 11) is 0. The summed E-state index contributed by atoms with van der Waals surface area (Å²) in [6, 6.07) is 22.9. The Labute approximate surface area is 358 Å². The molecule has 3 aliphatic carbocycles. The smallest absolute Gasteiger partial charge is 0.338 e. The van der Waals surface area contributed by atoms with Crippen LogP contribution in [0.25, 0.3) is 0 Å². The zero-order valence-electron chi connectivity index (χ0n) is 35.2. The van der Waals surface area contributed by atoms with Gasteiger partial charge in [0.05, 0.1) is 35.6 Å². The van der Waals surface area contributed by atoms with Crippen LogP contribution in [-0.4, -0.2) is 105 Å². The fourth-order valence-electron chi connectivity index (χ4n) is 10.2. The van der Waals surface area contributed by atoms with Crippen molar-refractivity contribution in [2.75, 3.05) is 6.61 Å². The average Bonchev–Trinajstić information content (AvgIpc) is 3.24. The van der Waals surface area contributed by atoms with Crippen LogP contribution in [0.2, 0.25) is 0 Å². The van der Waals surface area contributed by atoms with Crippen molar-refractivity contribution < 1.29 is 67.8 Å². The fourth-order valence-corrected chi connectivity index (χ4v) is 10.2. The lowest BCUT2D eigenvalue weighted by Gasteiger charge is -2.67. The Morgan fingerprint density at radius 1 is 0.823 bits per heavy atom. The molecule has 15 heteroatoms. The van der Waals surface area contributed by atoms with Gasteiger partial charge in [0.1, 0.15) is 23.9 Å². The molecule has 6 unspecified atom stereocenters. The molecule has 2 bridgehead atoms. The van der Waals surface area contributed by atoms with Crippen molar-refractivity contribution in [2.24, 2.45) is 16.7 Å². The summed E-state index contributed by atoms with van der Waals surface area (Å²) in [5.74, 6) is -6.84. The van der Waals surface area contributed by atoms with Crippen LogP contribution in [0.3, 0.4) is 0 Å². The second kappa shape index (κ2) is 16.5. The van der Waals surface area contributed by atoms with Crippen LogP contribution in [-0.2, 0) is 42.9 Å². The summed E-state index contributed by atoms with van der Waals surface area (Å²) < 4.78 is 30.3. The van der Waals surface area contributed by atoms with Crippen molar-refractivity contribution in [1.82, 2.24) is 5.32 Å². The number of aliphatic hydroxyl groups is 3. The second-order valence-corrected chi connectivity index (χ2v) is 17.4. The van der Waals surface area contributed by atoms with E-state index in [0.29, 0.717) is 5.56 Å². The molecule has 1 saturated heterocycles. The van der Waals surface area contributed by atoms with Gasteiger partial charge in [-0.1, -0.05) is 80.6 Å². The number of aliphatic hydroxyl groups excluding tert-OH is 2. The van der Waals surface area contributed by atoms with E-state index in [1.165, 1.54) is 26.0 Å². The number of hydrogen-bond donors (Lipinski definition) is 4. The summed E-state index contributed by atoms with van der Waals surface area (Å²) >= 11 is 0. The van der Waals surface area contributed by atoms with Crippen molar-refractivity contribution in [2.45, 2.75) is 108 Å². The van der Waals surface area contributed by atoms with Gasteiger partial charge in [0, 0.05) is 37.7 Å². The SMILES string of the molecule is CC(=O)OC1C(=O)[C@]2(C)C(O)C[C@H]3OC[C@@]3(OC(C)=O)[C@@H]2C(OC(=O)c2ccccc2)[C@]2(O)CC(OC(=O)C(O)C(NC(=O)c3ccccc3)c3ccccc3)C(C)=C1C2(C)C. The average molecular weight is 854 g/mol. The molecule has 3 aromatic carbocycles. The summed E-state index contributed by atoms with van der Waals surface area (Å²) in [6.45, 7) is 7.97. The zero-order valence-corrected chi connectivity index (χ0v) is 35.2. The fraction of sp³-hybridized carbons (Fsp3) is 0.447. The zero-order chi connectivity index (χ0) is 44.9. The number of rotatable bonds is 10. The first-order valence-electron chi connectivity index (χ1n) is 20.5. The maximum Gasteiger partial charge on any atom is 0.338 e. The number of ether oxygens (including phenoxy) is 5. The number of ketones is 1. The van der Waals surface area contributed by atoms with Gasteiger partial charge in [-0.05, 0) is 54.8 Å². The van der Waals surface area contributed by atoms with E-state index in [9.17, 15) is 39.3 Å².